The fourth-order valence-electron chi connectivity index (χ4n) is 4.28. The number of amides is 1. The zero-order chi connectivity index (χ0) is 21.8. The van der Waals surface area contributed by atoms with Gasteiger partial charge in [0.05, 0.1) is 23.6 Å². The maximum absolute atomic E-state index is 12.8. The van der Waals surface area contributed by atoms with Crippen molar-refractivity contribution in [2.45, 2.75) is 33.9 Å². The third-order valence-electron chi connectivity index (χ3n) is 5.82. The van der Waals surface area contributed by atoms with Crippen molar-refractivity contribution in [3.05, 3.63) is 77.2 Å². The quantitative estimate of drug-likeness (QED) is 0.654. The molecule has 4 rings (SSSR count). The molecule has 2 aromatic carbocycles. The van der Waals surface area contributed by atoms with Crippen LogP contribution in [0.2, 0.25) is 0 Å². The fourth-order valence-corrected chi connectivity index (χ4v) is 4.28. The molecule has 162 valence electrons. The molecule has 0 saturated heterocycles. The first kappa shape index (κ1) is 21.0. The molecule has 1 aliphatic heterocycles. The summed E-state index contributed by atoms with van der Waals surface area (Å²) in [4.78, 5) is 17.4. The SMILES string of the molecule is Cc1noc(C)c1CNC(=O)CN1C[C@@H](C)CN(Cc2ccccc2)c2ccccc21. The van der Waals surface area contributed by atoms with E-state index < -0.39 is 0 Å². The number of para-hydroxylation sites is 2. The van der Waals surface area contributed by atoms with E-state index in [1.807, 2.05) is 26.0 Å². The lowest BCUT2D eigenvalue weighted by molar-refractivity contribution is -0.119. The Morgan fingerprint density at radius 2 is 1.68 bits per heavy atom. The summed E-state index contributed by atoms with van der Waals surface area (Å²) in [5, 5.41) is 7.00. The van der Waals surface area contributed by atoms with Gasteiger partial charge in [0, 0.05) is 31.7 Å². The van der Waals surface area contributed by atoms with E-state index in [2.05, 4.69) is 69.7 Å². The number of nitrogens with zero attached hydrogens (tertiary/aromatic N) is 3. The predicted molar refractivity (Wildman–Crippen MR) is 123 cm³/mol. The molecule has 1 N–H and O–H groups in total. The second-order valence-corrected chi connectivity index (χ2v) is 8.42. The number of fused-ring (bicyclic) bond motifs is 1. The van der Waals surface area contributed by atoms with Crippen molar-refractivity contribution in [2.24, 2.45) is 5.92 Å². The lowest BCUT2D eigenvalue weighted by Crippen LogP contribution is -2.39. The van der Waals surface area contributed by atoms with E-state index in [-0.39, 0.29) is 5.91 Å². The summed E-state index contributed by atoms with van der Waals surface area (Å²) in [6.45, 7) is 9.41. The van der Waals surface area contributed by atoms with Crippen LogP contribution in [0.5, 0.6) is 0 Å². The van der Waals surface area contributed by atoms with Crippen LogP contribution in [0.3, 0.4) is 0 Å². The molecule has 1 amide bonds. The Hall–Kier alpha value is -3.28. The molecular weight excluding hydrogens is 388 g/mol. The van der Waals surface area contributed by atoms with Gasteiger partial charge in [-0.2, -0.15) is 0 Å². The van der Waals surface area contributed by atoms with Crippen molar-refractivity contribution in [1.82, 2.24) is 10.5 Å². The van der Waals surface area contributed by atoms with Gasteiger partial charge in [-0.15, -0.1) is 0 Å². The van der Waals surface area contributed by atoms with Gasteiger partial charge in [-0.05, 0) is 37.5 Å². The topological polar surface area (TPSA) is 61.6 Å². The zero-order valence-corrected chi connectivity index (χ0v) is 18.5. The van der Waals surface area contributed by atoms with Gasteiger partial charge in [0.2, 0.25) is 5.91 Å². The van der Waals surface area contributed by atoms with Gasteiger partial charge in [0.1, 0.15) is 5.76 Å². The normalized spacial score (nSPS) is 16.0. The van der Waals surface area contributed by atoms with Crippen molar-refractivity contribution < 1.29 is 9.32 Å². The minimum absolute atomic E-state index is 0.00138. The molecular formula is C25H30N4O2. The fraction of sp³-hybridized carbons (Fsp3) is 0.360. The van der Waals surface area contributed by atoms with E-state index in [0.717, 1.165) is 42.3 Å². The maximum Gasteiger partial charge on any atom is 0.239 e. The lowest BCUT2D eigenvalue weighted by atomic mass is 10.1. The summed E-state index contributed by atoms with van der Waals surface area (Å²) in [6, 6.07) is 18.9. The Bertz CT molecular complexity index is 1010. The molecule has 6 heteroatoms. The van der Waals surface area contributed by atoms with Crippen LogP contribution in [-0.4, -0.2) is 30.7 Å². The zero-order valence-electron chi connectivity index (χ0n) is 18.5. The highest BCUT2D eigenvalue weighted by molar-refractivity contribution is 5.84. The second-order valence-electron chi connectivity index (χ2n) is 8.42. The molecule has 0 bridgehead atoms. The molecule has 0 saturated carbocycles. The summed E-state index contributed by atoms with van der Waals surface area (Å²) in [7, 11) is 0. The molecule has 0 unspecified atom stereocenters. The summed E-state index contributed by atoms with van der Waals surface area (Å²) in [5.41, 5.74) is 5.34. The third kappa shape index (κ3) is 4.90. The number of anilines is 2. The standard InChI is InChI=1S/C25H30N4O2/c1-18-14-28(16-21-9-5-4-6-10-21)23-11-7-8-12-24(23)29(15-18)17-25(30)26-13-22-19(2)27-31-20(22)3/h4-12,18H,13-17H2,1-3H3,(H,26,30)/t18-/m0/s1. The number of carbonyl (C=O) groups is 1. The first-order chi connectivity index (χ1) is 15.0. The smallest absolute Gasteiger partial charge is 0.239 e. The van der Waals surface area contributed by atoms with E-state index in [0.29, 0.717) is 19.0 Å². The second kappa shape index (κ2) is 9.25. The molecule has 3 aromatic rings. The van der Waals surface area contributed by atoms with Crippen LogP contribution >= 0.6 is 0 Å². The van der Waals surface area contributed by atoms with Gasteiger partial charge in [-0.25, -0.2) is 0 Å². The summed E-state index contributed by atoms with van der Waals surface area (Å²) in [6.07, 6.45) is 0. The average Bonchev–Trinajstić information content (AvgIpc) is 3.02. The first-order valence-corrected chi connectivity index (χ1v) is 10.8. The maximum atomic E-state index is 12.8. The third-order valence-corrected chi connectivity index (χ3v) is 5.82. The van der Waals surface area contributed by atoms with Crippen LogP contribution in [-0.2, 0) is 17.9 Å². The van der Waals surface area contributed by atoms with Crippen LogP contribution in [0.1, 0.15) is 29.5 Å². The Balaban J connectivity index is 1.50. The van der Waals surface area contributed by atoms with Crippen molar-refractivity contribution in [1.29, 1.82) is 0 Å². The highest BCUT2D eigenvalue weighted by atomic mass is 16.5. The Kier molecular flexibility index (Phi) is 6.26. The van der Waals surface area contributed by atoms with E-state index in [9.17, 15) is 4.79 Å². The van der Waals surface area contributed by atoms with E-state index in [1.165, 1.54) is 11.3 Å². The number of aromatic nitrogens is 1. The van der Waals surface area contributed by atoms with Crippen LogP contribution in [0, 0.1) is 19.8 Å². The predicted octanol–water partition coefficient (Wildman–Crippen LogP) is 4.07. The molecule has 0 radical (unpaired) electrons. The number of hydrogen-bond acceptors (Lipinski definition) is 5. The van der Waals surface area contributed by atoms with Crippen LogP contribution in [0.4, 0.5) is 11.4 Å². The Labute approximate surface area is 183 Å². The minimum Gasteiger partial charge on any atom is -0.365 e. The van der Waals surface area contributed by atoms with Gasteiger partial charge < -0.3 is 19.6 Å². The van der Waals surface area contributed by atoms with Crippen LogP contribution < -0.4 is 15.1 Å². The lowest BCUT2D eigenvalue weighted by Gasteiger charge is -2.27. The average molecular weight is 419 g/mol. The highest BCUT2D eigenvalue weighted by Crippen LogP contribution is 2.34. The number of carbonyl (C=O) groups excluding carboxylic acids is 1. The molecule has 0 spiro atoms. The Morgan fingerprint density at radius 1 is 1.03 bits per heavy atom. The van der Waals surface area contributed by atoms with Crippen molar-refractivity contribution in [2.75, 3.05) is 29.4 Å². The molecule has 1 aliphatic rings. The number of hydrogen-bond donors (Lipinski definition) is 1. The molecule has 1 atom stereocenters. The van der Waals surface area contributed by atoms with Crippen LogP contribution in [0.25, 0.3) is 0 Å². The van der Waals surface area contributed by atoms with Gasteiger partial charge in [-0.1, -0.05) is 54.5 Å². The number of rotatable bonds is 6. The molecule has 0 fully saturated rings. The molecule has 1 aromatic heterocycles. The van der Waals surface area contributed by atoms with Crippen molar-refractivity contribution >= 4 is 17.3 Å². The summed E-state index contributed by atoms with van der Waals surface area (Å²) in [5.74, 6) is 1.17. The molecule has 31 heavy (non-hydrogen) atoms. The van der Waals surface area contributed by atoms with Crippen molar-refractivity contribution in [3.63, 3.8) is 0 Å². The monoisotopic (exact) mass is 418 g/mol. The van der Waals surface area contributed by atoms with Crippen molar-refractivity contribution in [3.8, 4) is 0 Å². The van der Waals surface area contributed by atoms with Gasteiger partial charge >= 0.3 is 0 Å². The number of nitrogens with one attached hydrogen (secondary N) is 1. The number of aryl methyl sites for hydroxylation is 2. The first-order valence-electron chi connectivity index (χ1n) is 10.8. The molecule has 0 aliphatic carbocycles. The van der Waals surface area contributed by atoms with Gasteiger partial charge in [0.15, 0.2) is 0 Å². The van der Waals surface area contributed by atoms with E-state index in [1.54, 1.807) is 0 Å². The molecule has 2 heterocycles. The molecule has 6 nitrogen and oxygen atoms in total. The Morgan fingerprint density at radius 3 is 2.35 bits per heavy atom. The van der Waals surface area contributed by atoms with Gasteiger partial charge in [0.25, 0.3) is 0 Å². The van der Waals surface area contributed by atoms with Crippen LogP contribution in [0.15, 0.2) is 59.1 Å². The van der Waals surface area contributed by atoms with Gasteiger partial charge in [-0.3, -0.25) is 4.79 Å². The van der Waals surface area contributed by atoms with E-state index >= 15 is 0 Å². The minimum atomic E-state index is -0.00138. The number of benzene rings is 2. The summed E-state index contributed by atoms with van der Waals surface area (Å²) < 4.78 is 5.20. The summed E-state index contributed by atoms with van der Waals surface area (Å²) >= 11 is 0. The van der Waals surface area contributed by atoms with E-state index in [4.69, 9.17) is 4.52 Å². The largest absolute Gasteiger partial charge is 0.365 e. The highest BCUT2D eigenvalue weighted by Gasteiger charge is 2.25.